The lowest BCUT2D eigenvalue weighted by atomic mass is 10.2. The minimum Gasteiger partial charge on any atom is -0.483 e. The van der Waals surface area contributed by atoms with Crippen molar-refractivity contribution in [1.82, 2.24) is 14.8 Å². The predicted octanol–water partition coefficient (Wildman–Crippen LogP) is 5.86. The topological polar surface area (TPSA) is 39.9 Å². The molecular weight excluding hydrogens is 389 g/mol. The maximum Gasteiger partial charge on any atom is 0.191 e. The Morgan fingerprint density at radius 3 is 2.50 bits per heavy atom. The third-order valence-corrected chi connectivity index (χ3v) is 5.70. The van der Waals surface area contributed by atoms with Crippen LogP contribution >= 0.6 is 35.0 Å². The molecule has 1 heterocycles. The van der Waals surface area contributed by atoms with Crippen molar-refractivity contribution >= 4 is 35.0 Å². The number of aromatic nitrogens is 3. The summed E-state index contributed by atoms with van der Waals surface area (Å²) >= 11 is 14.0. The van der Waals surface area contributed by atoms with Gasteiger partial charge in [0.1, 0.15) is 5.75 Å². The Morgan fingerprint density at radius 2 is 1.81 bits per heavy atom. The molecule has 0 N–H and O–H groups in total. The van der Waals surface area contributed by atoms with Gasteiger partial charge in [0.15, 0.2) is 17.1 Å². The molecule has 2 aromatic carbocycles. The van der Waals surface area contributed by atoms with Crippen molar-refractivity contribution in [1.29, 1.82) is 0 Å². The van der Waals surface area contributed by atoms with Gasteiger partial charge in [-0.05, 0) is 49.2 Å². The van der Waals surface area contributed by atoms with E-state index in [4.69, 9.17) is 27.9 Å². The Labute approximate surface area is 167 Å². The molecule has 4 nitrogen and oxygen atoms in total. The monoisotopic (exact) mass is 407 g/mol. The number of hydrogen-bond donors (Lipinski definition) is 0. The number of ether oxygens (including phenoxy) is 1. The molecule has 0 unspecified atom stereocenters. The number of nitrogens with zero attached hydrogens (tertiary/aromatic N) is 3. The van der Waals surface area contributed by atoms with Crippen LogP contribution in [0.15, 0.2) is 47.6 Å². The molecule has 0 fully saturated rings. The Bertz CT molecular complexity index is 893. The van der Waals surface area contributed by atoms with E-state index in [1.54, 1.807) is 11.8 Å². The molecule has 0 saturated heterocycles. The summed E-state index contributed by atoms with van der Waals surface area (Å²) in [5.74, 6) is 2.20. The number of benzene rings is 2. The summed E-state index contributed by atoms with van der Waals surface area (Å²) in [6.07, 6.45) is -0.215. The zero-order valence-corrected chi connectivity index (χ0v) is 17.1. The second-order valence-corrected chi connectivity index (χ2v) is 7.72. The van der Waals surface area contributed by atoms with Crippen molar-refractivity contribution in [2.45, 2.75) is 30.9 Å². The molecule has 0 saturated carbocycles. The van der Waals surface area contributed by atoms with Crippen molar-refractivity contribution in [2.75, 3.05) is 0 Å². The molecule has 3 aromatic rings. The molecular formula is C19H19Cl2N3OS. The first-order valence-corrected chi connectivity index (χ1v) is 9.88. The van der Waals surface area contributed by atoms with E-state index in [9.17, 15) is 0 Å². The number of rotatable bonds is 6. The Balaban J connectivity index is 1.71. The third kappa shape index (κ3) is 4.34. The molecule has 0 radical (unpaired) electrons. The van der Waals surface area contributed by atoms with Crippen molar-refractivity contribution in [3.05, 3.63) is 69.5 Å². The molecule has 0 spiro atoms. The van der Waals surface area contributed by atoms with E-state index in [-0.39, 0.29) is 6.10 Å². The van der Waals surface area contributed by atoms with E-state index in [0.717, 1.165) is 27.9 Å². The summed E-state index contributed by atoms with van der Waals surface area (Å²) in [6, 6.07) is 13.5. The fraction of sp³-hybridized carbons (Fsp3) is 0.263. The highest BCUT2D eigenvalue weighted by Gasteiger charge is 2.18. The maximum atomic E-state index is 6.23. The van der Waals surface area contributed by atoms with Crippen LogP contribution in [0.3, 0.4) is 0 Å². The summed E-state index contributed by atoms with van der Waals surface area (Å²) in [6.45, 7) is 4.00. The molecule has 136 valence electrons. The van der Waals surface area contributed by atoms with E-state index in [1.165, 1.54) is 0 Å². The van der Waals surface area contributed by atoms with Crippen LogP contribution in [0.25, 0.3) is 0 Å². The summed E-state index contributed by atoms with van der Waals surface area (Å²) in [5, 5.41) is 10.7. The van der Waals surface area contributed by atoms with Crippen LogP contribution in [0.5, 0.6) is 5.75 Å². The lowest BCUT2D eigenvalue weighted by molar-refractivity contribution is 0.211. The van der Waals surface area contributed by atoms with Gasteiger partial charge in [-0.25, -0.2) is 0 Å². The van der Waals surface area contributed by atoms with Crippen LogP contribution in [0.1, 0.15) is 30.0 Å². The average molecular weight is 408 g/mol. The van der Waals surface area contributed by atoms with Crippen molar-refractivity contribution in [3.63, 3.8) is 0 Å². The Hall–Kier alpha value is -1.69. The van der Waals surface area contributed by atoms with Gasteiger partial charge >= 0.3 is 0 Å². The number of aryl methyl sites for hydroxylation is 1. The fourth-order valence-corrected chi connectivity index (χ4v) is 4.22. The van der Waals surface area contributed by atoms with Gasteiger partial charge in [0, 0.05) is 22.8 Å². The van der Waals surface area contributed by atoms with Gasteiger partial charge in [0.05, 0.1) is 0 Å². The van der Waals surface area contributed by atoms with Crippen LogP contribution in [-0.4, -0.2) is 14.8 Å². The summed E-state index contributed by atoms with van der Waals surface area (Å²) < 4.78 is 7.94. The minimum atomic E-state index is -0.215. The van der Waals surface area contributed by atoms with Crippen molar-refractivity contribution in [2.24, 2.45) is 7.05 Å². The summed E-state index contributed by atoms with van der Waals surface area (Å²) in [5.41, 5.74) is 2.05. The van der Waals surface area contributed by atoms with E-state index in [0.29, 0.717) is 15.8 Å². The molecule has 0 aliphatic rings. The molecule has 26 heavy (non-hydrogen) atoms. The first-order valence-electron chi connectivity index (χ1n) is 8.14. The first-order chi connectivity index (χ1) is 12.5. The highest BCUT2D eigenvalue weighted by atomic mass is 35.5. The van der Waals surface area contributed by atoms with Gasteiger partial charge in [0.25, 0.3) is 0 Å². The Kier molecular flexibility index (Phi) is 6.12. The van der Waals surface area contributed by atoms with Crippen LogP contribution in [0.4, 0.5) is 0 Å². The van der Waals surface area contributed by atoms with E-state index < -0.39 is 0 Å². The third-order valence-electron chi connectivity index (χ3n) is 3.94. The molecule has 0 aliphatic carbocycles. The van der Waals surface area contributed by atoms with Crippen LogP contribution in [0.2, 0.25) is 10.0 Å². The largest absolute Gasteiger partial charge is 0.483 e. The lowest BCUT2D eigenvalue weighted by Crippen LogP contribution is -2.10. The van der Waals surface area contributed by atoms with Crippen molar-refractivity contribution in [3.8, 4) is 5.75 Å². The zero-order valence-electron chi connectivity index (χ0n) is 14.7. The molecule has 0 amide bonds. The van der Waals surface area contributed by atoms with E-state index in [2.05, 4.69) is 10.2 Å². The summed E-state index contributed by atoms with van der Waals surface area (Å²) in [4.78, 5) is 0. The molecule has 1 aromatic heterocycles. The van der Waals surface area contributed by atoms with Crippen LogP contribution in [0, 0.1) is 6.92 Å². The van der Waals surface area contributed by atoms with Gasteiger partial charge in [-0.1, -0.05) is 53.2 Å². The Morgan fingerprint density at radius 1 is 1.12 bits per heavy atom. The second-order valence-electron chi connectivity index (χ2n) is 5.97. The smallest absolute Gasteiger partial charge is 0.191 e. The summed E-state index contributed by atoms with van der Waals surface area (Å²) in [7, 11) is 1.93. The predicted molar refractivity (Wildman–Crippen MR) is 107 cm³/mol. The van der Waals surface area contributed by atoms with E-state index >= 15 is 0 Å². The van der Waals surface area contributed by atoms with Gasteiger partial charge in [-0.2, -0.15) is 0 Å². The van der Waals surface area contributed by atoms with Crippen LogP contribution < -0.4 is 4.74 Å². The number of thioether (sulfide) groups is 1. The highest BCUT2D eigenvalue weighted by molar-refractivity contribution is 7.98. The van der Waals surface area contributed by atoms with Gasteiger partial charge < -0.3 is 9.30 Å². The quantitative estimate of drug-likeness (QED) is 0.479. The molecule has 1 atom stereocenters. The fourth-order valence-electron chi connectivity index (χ4n) is 2.56. The normalized spacial score (nSPS) is 12.2. The molecule has 7 heteroatoms. The lowest BCUT2D eigenvalue weighted by Gasteiger charge is -2.14. The number of halogens is 2. The van der Waals surface area contributed by atoms with E-state index in [1.807, 2.05) is 67.9 Å². The molecule has 3 rings (SSSR count). The highest BCUT2D eigenvalue weighted by Crippen LogP contribution is 2.31. The zero-order chi connectivity index (χ0) is 18.7. The first kappa shape index (κ1) is 19.1. The number of hydrogen-bond acceptors (Lipinski definition) is 4. The van der Waals surface area contributed by atoms with Gasteiger partial charge in [-0.15, -0.1) is 10.2 Å². The standard InChI is InChI=1S/C19H19Cl2N3OS/c1-12-6-4-7-14(10-12)25-13(2)18-22-23-19(24(18)3)26-11-15-16(20)8-5-9-17(15)21/h4-10,13H,11H2,1-3H3/t13-/m0/s1. The van der Waals surface area contributed by atoms with Gasteiger partial charge in [-0.3, -0.25) is 0 Å². The maximum absolute atomic E-state index is 6.23. The van der Waals surface area contributed by atoms with Gasteiger partial charge in [0.2, 0.25) is 0 Å². The SMILES string of the molecule is Cc1cccc(O[C@@H](C)c2nnc(SCc3c(Cl)cccc3Cl)n2C)c1. The molecule has 0 aliphatic heterocycles. The molecule has 0 bridgehead atoms. The minimum absolute atomic E-state index is 0.215. The average Bonchev–Trinajstić information content (AvgIpc) is 2.95. The second kappa shape index (κ2) is 8.33. The van der Waals surface area contributed by atoms with Crippen LogP contribution in [-0.2, 0) is 12.8 Å². The van der Waals surface area contributed by atoms with Crippen molar-refractivity contribution < 1.29 is 4.74 Å².